The van der Waals surface area contributed by atoms with Crippen LogP contribution in [0.4, 0.5) is 0 Å². The Morgan fingerprint density at radius 3 is 1.28 bits per heavy atom. The number of carboxylic acids is 4. The lowest BCUT2D eigenvalue weighted by atomic mass is 10.0. The Balaban J connectivity index is 2.63. The van der Waals surface area contributed by atoms with Crippen LogP contribution in [0.25, 0.3) is 0 Å². The van der Waals surface area contributed by atoms with Crippen molar-refractivity contribution < 1.29 is 48.0 Å². The van der Waals surface area contributed by atoms with E-state index in [1.54, 1.807) is 0 Å². The van der Waals surface area contributed by atoms with Crippen LogP contribution in [0.2, 0.25) is 0 Å². The van der Waals surface area contributed by atoms with E-state index in [1.807, 2.05) is 0 Å². The van der Waals surface area contributed by atoms with Gasteiger partial charge < -0.3 is 20.4 Å². The van der Waals surface area contributed by atoms with Gasteiger partial charge in [0.05, 0.1) is 33.8 Å². The third-order valence-corrected chi connectivity index (χ3v) is 5.67. The molecule has 2 aromatic rings. The molecule has 0 aliphatic heterocycles. The van der Waals surface area contributed by atoms with E-state index in [9.17, 15) is 27.6 Å². The number of sulfone groups is 1. The minimum atomic E-state index is -4.31. The number of carbonyl (C=O) groups is 4. The number of carboxylic acid groups (broad SMARTS) is 4. The van der Waals surface area contributed by atoms with Crippen LogP contribution >= 0.6 is 0 Å². The van der Waals surface area contributed by atoms with Crippen molar-refractivity contribution in [3.63, 3.8) is 0 Å². The molecule has 0 bridgehead atoms. The highest BCUT2D eigenvalue weighted by Crippen LogP contribution is 2.26. The Labute approximate surface area is 163 Å². The first kappa shape index (κ1) is 21.6. The average Bonchev–Trinajstić information content (AvgIpc) is 2.60. The summed E-state index contributed by atoms with van der Waals surface area (Å²) in [7, 11) is -4.31. The molecule has 152 valence electrons. The van der Waals surface area contributed by atoms with Crippen LogP contribution in [0.15, 0.2) is 46.2 Å². The number of aliphatic carboxylic acids is 2. The van der Waals surface area contributed by atoms with Gasteiger partial charge in [-0.3, -0.25) is 9.59 Å². The Morgan fingerprint density at radius 1 is 0.655 bits per heavy atom. The maximum Gasteiger partial charge on any atom is 0.335 e. The molecular formula is C18H14O10S. The van der Waals surface area contributed by atoms with E-state index in [0.29, 0.717) is 0 Å². The Hall–Kier alpha value is -3.73. The van der Waals surface area contributed by atoms with Gasteiger partial charge in [0.1, 0.15) is 0 Å². The molecule has 11 heteroatoms. The first-order chi connectivity index (χ1) is 13.4. The second-order valence-corrected chi connectivity index (χ2v) is 7.84. The van der Waals surface area contributed by atoms with Crippen LogP contribution in [0, 0.1) is 0 Å². The van der Waals surface area contributed by atoms with Gasteiger partial charge >= 0.3 is 23.9 Å². The van der Waals surface area contributed by atoms with Crippen molar-refractivity contribution in [2.24, 2.45) is 0 Å². The first-order valence-corrected chi connectivity index (χ1v) is 9.33. The third-order valence-electron chi connectivity index (χ3n) is 3.92. The number of aromatic carboxylic acids is 2. The third kappa shape index (κ3) is 4.76. The molecule has 0 aliphatic carbocycles. The lowest BCUT2D eigenvalue weighted by molar-refractivity contribution is -0.137. The van der Waals surface area contributed by atoms with E-state index in [2.05, 4.69) is 0 Å². The molecule has 0 spiro atoms. The number of rotatable bonds is 8. The van der Waals surface area contributed by atoms with Gasteiger partial charge in [0.25, 0.3) is 0 Å². The molecule has 4 N–H and O–H groups in total. The molecule has 2 aromatic carbocycles. The van der Waals surface area contributed by atoms with Gasteiger partial charge in [-0.25, -0.2) is 18.0 Å². The Bertz CT molecular complexity index is 1050. The molecule has 0 heterocycles. The zero-order chi connectivity index (χ0) is 21.9. The summed E-state index contributed by atoms with van der Waals surface area (Å²) >= 11 is 0. The lowest BCUT2D eigenvalue weighted by Crippen LogP contribution is -2.12. The summed E-state index contributed by atoms with van der Waals surface area (Å²) in [6.45, 7) is 0. The highest BCUT2D eigenvalue weighted by molar-refractivity contribution is 7.91. The quantitative estimate of drug-likeness (QED) is 0.481. The van der Waals surface area contributed by atoms with Crippen molar-refractivity contribution >= 4 is 33.7 Å². The molecule has 0 radical (unpaired) electrons. The maximum absolute atomic E-state index is 12.9. The zero-order valence-corrected chi connectivity index (χ0v) is 15.3. The van der Waals surface area contributed by atoms with Gasteiger partial charge in [0.2, 0.25) is 9.84 Å². The Kier molecular flexibility index (Phi) is 6.03. The smallest absolute Gasteiger partial charge is 0.335 e. The topological polar surface area (TPSA) is 183 Å². The van der Waals surface area contributed by atoms with Crippen LogP contribution in [0.3, 0.4) is 0 Å². The fourth-order valence-corrected chi connectivity index (χ4v) is 4.01. The van der Waals surface area contributed by atoms with Crippen LogP contribution in [0.1, 0.15) is 31.8 Å². The van der Waals surface area contributed by atoms with Gasteiger partial charge in [-0.2, -0.15) is 0 Å². The SMILES string of the molecule is O=C(O)Cc1cc(S(=O)(=O)c2ccc(C(=O)O)c(CC(=O)O)c2)ccc1C(=O)O. The second-order valence-electron chi connectivity index (χ2n) is 5.89. The van der Waals surface area contributed by atoms with E-state index in [0.717, 1.165) is 36.4 Å². The molecule has 0 aliphatic rings. The fourth-order valence-electron chi connectivity index (χ4n) is 2.65. The molecule has 2 rings (SSSR count). The number of hydrogen-bond acceptors (Lipinski definition) is 6. The molecule has 0 unspecified atom stereocenters. The van der Waals surface area contributed by atoms with Crippen molar-refractivity contribution in [2.45, 2.75) is 22.6 Å². The summed E-state index contributed by atoms with van der Waals surface area (Å²) in [5, 5.41) is 36.1. The summed E-state index contributed by atoms with van der Waals surface area (Å²) in [4.78, 5) is 43.6. The molecule has 0 saturated carbocycles. The summed E-state index contributed by atoms with van der Waals surface area (Å²) in [5.41, 5.74) is -1.23. The van der Waals surface area contributed by atoms with Gasteiger partial charge in [0, 0.05) is 0 Å². The largest absolute Gasteiger partial charge is 0.481 e. The maximum atomic E-state index is 12.9. The summed E-state index contributed by atoms with van der Waals surface area (Å²) in [5.74, 6) is -5.59. The number of hydrogen-bond donors (Lipinski definition) is 4. The monoisotopic (exact) mass is 422 g/mol. The summed E-state index contributed by atoms with van der Waals surface area (Å²) in [6, 6.07) is 5.69. The van der Waals surface area contributed by atoms with Crippen molar-refractivity contribution in [1.82, 2.24) is 0 Å². The minimum absolute atomic E-state index is 0.237. The van der Waals surface area contributed by atoms with E-state index >= 15 is 0 Å². The lowest BCUT2D eigenvalue weighted by Gasteiger charge is -2.11. The molecule has 10 nitrogen and oxygen atoms in total. The highest BCUT2D eigenvalue weighted by Gasteiger charge is 2.24. The molecular weight excluding hydrogens is 408 g/mol. The van der Waals surface area contributed by atoms with Crippen LogP contribution in [0.5, 0.6) is 0 Å². The summed E-state index contributed by atoms with van der Waals surface area (Å²) in [6.07, 6.45) is -1.46. The van der Waals surface area contributed by atoms with Crippen molar-refractivity contribution in [3.05, 3.63) is 58.7 Å². The molecule has 0 saturated heterocycles. The Morgan fingerprint density at radius 2 is 1.00 bits per heavy atom. The molecule has 29 heavy (non-hydrogen) atoms. The average molecular weight is 422 g/mol. The molecule has 0 atom stereocenters. The zero-order valence-electron chi connectivity index (χ0n) is 14.5. The van der Waals surface area contributed by atoms with E-state index < -0.39 is 56.3 Å². The highest BCUT2D eigenvalue weighted by atomic mass is 32.2. The second kappa shape index (κ2) is 8.10. The van der Waals surface area contributed by atoms with Crippen molar-refractivity contribution in [1.29, 1.82) is 0 Å². The predicted octanol–water partition coefficient (Wildman–Crippen LogP) is 1.17. The standard InChI is InChI=1S/C18H14O10S/c19-15(20)7-9-5-11(1-3-13(9)17(23)24)29(27,28)12-2-4-14(18(25)26)10(6-12)8-16(21)22/h1-6H,7-8H2,(H,19,20)(H,21,22)(H,23,24)(H,25,26). The molecule has 0 amide bonds. The van der Waals surface area contributed by atoms with E-state index in [4.69, 9.17) is 20.4 Å². The van der Waals surface area contributed by atoms with Gasteiger partial charge in [-0.05, 0) is 47.5 Å². The number of benzene rings is 2. The molecule has 0 fully saturated rings. The van der Waals surface area contributed by atoms with Crippen molar-refractivity contribution in [3.8, 4) is 0 Å². The first-order valence-electron chi connectivity index (χ1n) is 7.84. The molecule has 0 aromatic heterocycles. The van der Waals surface area contributed by atoms with Crippen molar-refractivity contribution in [2.75, 3.05) is 0 Å². The van der Waals surface area contributed by atoms with Crippen LogP contribution < -0.4 is 0 Å². The minimum Gasteiger partial charge on any atom is -0.481 e. The van der Waals surface area contributed by atoms with Gasteiger partial charge in [-0.1, -0.05) is 0 Å². The normalized spacial score (nSPS) is 11.0. The van der Waals surface area contributed by atoms with Gasteiger partial charge in [0.15, 0.2) is 0 Å². The van der Waals surface area contributed by atoms with Crippen LogP contribution in [-0.4, -0.2) is 52.7 Å². The van der Waals surface area contributed by atoms with E-state index in [1.165, 1.54) is 0 Å². The van der Waals surface area contributed by atoms with Crippen LogP contribution in [-0.2, 0) is 32.3 Å². The fraction of sp³-hybridized carbons (Fsp3) is 0.111. The predicted molar refractivity (Wildman–Crippen MR) is 94.9 cm³/mol. The summed E-state index contributed by atoms with van der Waals surface area (Å²) < 4.78 is 25.8. The van der Waals surface area contributed by atoms with Gasteiger partial charge in [-0.15, -0.1) is 0 Å². The van der Waals surface area contributed by atoms with E-state index in [-0.39, 0.29) is 22.3 Å².